The van der Waals surface area contributed by atoms with Gasteiger partial charge in [-0.1, -0.05) is 0 Å². The van der Waals surface area contributed by atoms with Crippen molar-refractivity contribution in [2.24, 2.45) is 0 Å². The Morgan fingerprint density at radius 3 is 3.05 bits per heavy atom. The zero-order valence-corrected chi connectivity index (χ0v) is 11.1. The Kier molecular flexibility index (Phi) is 6.23. The first-order valence-corrected chi connectivity index (χ1v) is 6.81. The fraction of sp³-hybridized carbons (Fsp3) is 0.643. The Morgan fingerprint density at radius 1 is 1.47 bits per heavy atom. The van der Waals surface area contributed by atoms with Gasteiger partial charge in [-0.25, -0.2) is 0 Å². The van der Waals surface area contributed by atoms with Crippen LogP contribution in [-0.2, 0) is 16.0 Å². The van der Waals surface area contributed by atoms with E-state index in [0.717, 1.165) is 31.6 Å². The number of pyridine rings is 1. The molecule has 2 N–H and O–H groups in total. The zero-order valence-electron chi connectivity index (χ0n) is 11.1. The Morgan fingerprint density at radius 2 is 2.32 bits per heavy atom. The number of aliphatic hydroxyl groups is 1. The van der Waals surface area contributed by atoms with Crippen molar-refractivity contribution < 1.29 is 14.6 Å². The van der Waals surface area contributed by atoms with Gasteiger partial charge in [0.2, 0.25) is 0 Å². The maximum Gasteiger partial charge on any atom is 0.0897 e. The second-order valence-electron chi connectivity index (χ2n) is 4.81. The first-order valence-electron chi connectivity index (χ1n) is 6.81. The summed E-state index contributed by atoms with van der Waals surface area (Å²) in [6.45, 7) is 3.02. The molecule has 1 aromatic rings. The number of nitrogens with zero attached hydrogens (tertiary/aromatic N) is 1. The molecular weight excluding hydrogens is 244 g/mol. The lowest BCUT2D eigenvalue weighted by atomic mass is 10.2. The van der Waals surface area contributed by atoms with Crippen molar-refractivity contribution in [3.05, 3.63) is 30.1 Å². The molecule has 0 saturated carbocycles. The van der Waals surface area contributed by atoms with Gasteiger partial charge in [0.05, 0.1) is 25.4 Å². The van der Waals surface area contributed by atoms with E-state index in [0.29, 0.717) is 19.8 Å². The molecule has 19 heavy (non-hydrogen) atoms. The van der Waals surface area contributed by atoms with E-state index in [4.69, 9.17) is 9.47 Å². The minimum Gasteiger partial charge on any atom is -0.389 e. The normalized spacial score (nSPS) is 20.6. The molecule has 1 aliphatic heterocycles. The van der Waals surface area contributed by atoms with Gasteiger partial charge in [0.15, 0.2) is 0 Å². The minimum absolute atomic E-state index is 0.219. The largest absolute Gasteiger partial charge is 0.389 e. The average molecular weight is 266 g/mol. The maximum absolute atomic E-state index is 9.76. The molecular formula is C14H22N2O3. The molecule has 1 aromatic heterocycles. The molecule has 0 radical (unpaired) electrons. The van der Waals surface area contributed by atoms with E-state index in [9.17, 15) is 5.11 Å². The predicted molar refractivity (Wildman–Crippen MR) is 71.7 cm³/mol. The summed E-state index contributed by atoms with van der Waals surface area (Å²) in [6.07, 6.45) is 5.44. The smallest absolute Gasteiger partial charge is 0.0897 e. The molecule has 0 aliphatic carbocycles. The van der Waals surface area contributed by atoms with E-state index in [1.807, 2.05) is 12.1 Å². The Hall–Kier alpha value is -1.01. The molecule has 2 unspecified atom stereocenters. The molecule has 0 aromatic carbocycles. The molecule has 1 aliphatic rings. The Balaban J connectivity index is 1.51. The molecule has 2 atom stereocenters. The topological polar surface area (TPSA) is 63.6 Å². The van der Waals surface area contributed by atoms with Crippen molar-refractivity contribution in [3.63, 3.8) is 0 Å². The summed E-state index contributed by atoms with van der Waals surface area (Å²) < 4.78 is 10.9. The first kappa shape index (κ1) is 14.4. The molecule has 106 valence electrons. The summed E-state index contributed by atoms with van der Waals surface area (Å²) in [7, 11) is 0. The SMILES string of the molecule is OC(CNCc1ccncc1)COCC1CCCO1. The van der Waals surface area contributed by atoms with Gasteiger partial charge in [-0.05, 0) is 30.5 Å². The minimum atomic E-state index is -0.483. The number of nitrogens with one attached hydrogen (secondary N) is 1. The molecule has 0 amide bonds. The van der Waals surface area contributed by atoms with Crippen LogP contribution >= 0.6 is 0 Å². The Bertz CT molecular complexity index is 342. The van der Waals surface area contributed by atoms with Gasteiger partial charge in [-0.3, -0.25) is 4.98 Å². The fourth-order valence-corrected chi connectivity index (χ4v) is 2.05. The highest BCUT2D eigenvalue weighted by Gasteiger charge is 2.15. The van der Waals surface area contributed by atoms with E-state index >= 15 is 0 Å². The Labute approximate surface area is 114 Å². The lowest BCUT2D eigenvalue weighted by molar-refractivity contribution is -0.0164. The number of rotatable bonds is 8. The first-order chi connectivity index (χ1) is 9.34. The number of aromatic nitrogens is 1. The van der Waals surface area contributed by atoms with Crippen LogP contribution in [0.5, 0.6) is 0 Å². The monoisotopic (exact) mass is 266 g/mol. The van der Waals surface area contributed by atoms with E-state index in [1.165, 1.54) is 0 Å². The zero-order chi connectivity index (χ0) is 13.3. The van der Waals surface area contributed by atoms with Gasteiger partial charge in [-0.15, -0.1) is 0 Å². The van der Waals surface area contributed by atoms with Crippen LogP contribution in [-0.4, -0.2) is 48.7 Å². The predicted octanol–water partition coefficient (Wildman–Crippen LogP) is 0.728. The summed E-state index contributed by atoms with van der Waals surface area (Å²) in [5.41, 5.74) is 1.16. The number of aliphatic hydroxyl groups excluding tert-OH is 1. The van der Waals surface area contributed by atoms with Crippen LogP contribution in [0.3, 0.4) is 0 Å². The maximum atomic E-state index is 9.76. The second-order valence-corrected chi connectivity index (χ2v) is 4.81. The van der Waals surface area contributed by atoms with Crippen LogP contribution in [0, 0.1) is 0 Å². The van der Waals surface area contributed by atoms with Gasteiger partial charge in [-0.2, -0.15) is 0 Å². The molecule has 0 spiro atoms. The lowest BCUT2D eigenvalue weighted by Gasteiger charge is -2.14. The highest BCUT2D eigenvalue weighted by Crippen LogP contribution is 2.11. The third kappa shape index (κ3) is 5.65. The summed E-state index contributed by atoms with van der Waals surface area (Å²) in [5, 5.41) is 13.0. The van der Waals surface area contributed by atoms with Crippen molar-refractivity contribution in [3.8, 4) is 0 Å². The lowest BCUT2D eigenvalue weighted by Crippen LogP contribution is -2.31. The van der Waals surface area contributed by atoms with Crippen LogP contribution in [0.1, 0.15) is 18.4 Å². The summed E-state index contributed by atoms with van der Waals surface area (Å²) in [5.74, 6) is 0. The van der Waals surface area contributed by atoms with Crippen LogP contribution in [0.2, 0.25) is 0 Å². The highest BCUT2D eigenvalue weighted by molar-refractivity contribution is 5.08. The summed E-state index contributed by atoms with van der Waals surface area (Å²) in [6, 6.07) is 3.90. The van der Waals surface area contributed by atoms with E-state index in [-0.39, 0.29) is 6.10 Å². The highest BCUT2D eigenvalue weighted by atomic mass is 16.5. The van der Waals surface area contributed by atoms with E-state index in [2.05, 4.69) is 10.3 Å². The van der Waals surface area contributed by atoms with Gasteiger partial charge in [0.1, 0.15) is 0 Å². The molecule has 0 bridgehead atoms. The van der Waals surface area contributed by atoms with E-state index in [1.54, 1.807) is 12.4 Å². The quantitative estimate of drug-likeness (QED) is 0.726. The average Bonchev–Trinajstić information content (AvgIpc) is 2.93. The summed E-state index contributed by atoms with van der Waals surface area (Å²) >= 11 is 0. The van der Waals surface area contributed by atoms with E-state index < -0.39 is 6.10 Å². The van der Waals surface area contributed by atoms with Crippen LogP contribution in [0.25, 0.3) is 0 Å². The van der Waals surface area contributed by atoms with Gasteiger partial charge < -0.3 is 19.9 Å². The van der Waals surface area contributed by atoms with Gasteiger partial charge in [0, 0.05) is 32.1 Å². The number of hydrogen-bond acceptors (Lipinski definition) is 5. The van der Waals surface area contributed by atoms with Crippen molar-refractivity contribution in [2.45, 2.75) is 31.6 Å². The molecule has 5 heteroatoms. The molecule has 2 rings (SSSR count). The molecule has 5 nitrogen and oxygen atoms in total. The van der Waals surface area contributed by atoms with Crippen LogP contribution < -0.4 is 5.32 Å². The van der Waals surface area contributed by atoms with Crippen molar-refractivity contribution >= 4 is 0 Å². The fourth-order valence-electron chi connectivity index (χ4n) is 2.05. The number of hydrogen-bond donors (Lipinski definition) is 2. The van der Waals surface area contributed by atoms with Crippen molar-refractivity contribution in [1.82, 2.24) is 10.3 Å². The van der Waals surface area contributed by atoms with Crippen LogP contribution in [0.4, 0.5) is 0 Å². The summed E-state index contributed by atoms with van der Waals surface area (Å²) in [4.78, 5) is 3.96. The number of ether oxygens (including phenoxy) is 2. The van der Waals surface area contributed by atoms with Crippen LogP contribution in [0.15, 0.2) is 24.5 Å². The third-order valence-electron chi connectivity index (χ3n) is 3.10. The standard InChI is InChI=1S/C14H22N2O3/c17-13(10-18-11-14-2-1-7-19-14)9-16-8-12-3-5-15-6-4-12/h3-6,13-14,16-17H,1-2,7-11H2. The molecule has 2 heterocycles. The third-order valence-corrected chi connectivity index (χ3v) is 3.10. The van der Waals surface area contributed by atoms with Gasteiger partial charge >= 0.3 is 0 Å². The molecule has 1 fully saturated rings. The van der Waals surface area contributed by atoms with Gasteiger partial charge in [0.25, 0.3) is 0 Å². The second kappa shape index (κ2) is 8.22. The molecule has 1 saturated heterocycles. The van der Waals surface area contributed by atoms with Crippen molar-refractivity contribution in [1.29, 1.82) is 0 Å². The van der Waals surface area contributed by atoms with Crippen molar-refractivity contribution in [2.75, 3.05) is 26.4 Å².